The predicted molar refractivity (Wildman–Crippen MR) is 62.8 cm³/mol. The van der Waals surface area contributed by atoms with Gasteiger partial charge in [-0.05, 0) is 12.1 Å². The van der Waals surface area contributed by atoms with Gasteiger partial charge in [-0.3, -0.25) is 0 Å². The molecule has 0 aromatic carbocycles. The summed E-state index contributed by atoms with van der Waals surface area (Å²) in [4.78, 5) is 14.5. The molecule has 1 heterocycles. The molecule has 6 heteroatoms. The molecule has 0 aliphatic rings. The molecule has 0 unspecified atom stereocenters. The first-order valence-electron chi connectivity index (χ1n) is 3.97. The van der Waals surface area contributed by atoms with Gasteiger partial charge in [-0.25, -0.2) is 9.78 Å². The fraction of sp³-hybridized carbons (Fsp3) is 0.111. The van der Waals surface area contributed by atoms with E-state index in [1.54, 1.807) is 6.07 Å². The lowest BCUT2D eigenvalue weighted by molar-refractivity contribution is 0.0691. The molecule has 15 heavy (non-hydrogen) atoms. The third-order valence-electron chi connectivity index (χ3n) is 1.51. The van der Waals surface area contributed by atoms with E-state index >= 15 is 0 Å². The number of halogens is 2. The number of pyridine rings is 1. The zero-order valence-corrected chi connectivity index (χ0v) is 9.97. The first-order chi connectivity index (χ1) is 7.00. The largest absolute Gasteiger partial charge is 0.476 e. The first kappa shape index (κ1) is 12.0. The molecule has 0 aliphatic heterocycles. The Kier molecular flexibility index (Phi) is 4.11. The summed E-state index contributed by atoms with van der Waals surface area (Å²) < 4.78 is 0.746. The minimum atomic E-state index is -1.15. The van der Waals surface area contributed by atoms with Crippen molar-refractivity contribution in [1.82, 2.24) is 4.98 Å². The quantitative estimate of drug-likeness (QED) is 0.895. The summed E-state index contributed by atoms with van der Waals surface area (Å²) in [6.45, 7) is 4.10. The van der Waals surface area contributed by atoms with Crippen LogP contribution >= 0.6 is 27.5 Å². The lowest BCUT2D eigenvalue weighted by Gasteiger charge is -2.05. The Labute approximate surface area is 100 Å². The van der Waals surface area contributed by atoms with E-state index in [9.17, 15) is 4.79 Å². The van der Waals surface area contributed by atoms with E-state index in [0.717, 1.165) is 4.48 Å². The van der Waals surface area contributed by atoms with E-state index < -0.39 is 5.97 Å². The van der Waals surface area contributed by atoms with Gasteiger partial charge in [0.15, 0.2) is 5.69 Å². The van der Waals surface area contributed by atoms with Crippen LogP contribution in [-0.4, -0.2) is 22.6 Å². The fourth-order valence-corrected chi connectivity index (χ4v) is 1.20. The van der Waals surface area contributed by atoms with Crippen LogP contribution in [0.1, 0.15) is 10.5 Å². The number of hydrogen-bond acceptors (Lipinski definition) is 3. The average Bonchev–Trinajstić information content (AvgIpc) is 2.16. The van der Waals surface area contributed by atoms with E-state index in [0.29, 0.717) is 12.4 Å². The summed E-state index contributed by atoms with van der Waals surface area (Å²) in [6.07, 6.45) is 0. The second kappa shape index (κ2) is 5.14. The maximum atomic E-state index is 10.7. The Bertz CT molecular complexity index is 409. The van der Waals surface area contributed by atoms with Gasteiger partial charge in [-0.15, -0.1) is 0 Å². The van der Waals surface area contributed by atoms with Crippen molar-refractivity contribution in [2.75, 3.05) is 11.9 Å². The van der Waals surface area contributed by atoms with Crippen molar-refractivity contribution >= 4 is 39.3 Å². The average molecular weight is 292 g/mol. The zero-order chi connectivity index (χ0) is 11.4. The van der Waals surface area contributed by atoms with Gasteiger partial charge < -0.3 is 10.4 Å². The second-order valence-electron chi connectivity index (χ2n) is 2.70. The van der Waals surface area contributed by atoms with Crippen LogP contribution in [0.5, 0.6) is 0 Å². The smallest absolute Gasteiger partial charge is 0.356 e. The molecule has 80 valence electrons. The topological polar surface area (TPSA) is 62.2 Å². The van der Waals surface area contributed by atoms with Crippen LogP contribution in [0.4, 0.5) is 5.82 Å². The Morgan fingerprint density at radius 1 is 1.67 bits per heavy atom. The van der Waals surface area contributed by atoms with Crippen LogP contribution in [0.25, 0.3) is 0 Å². The molecular weight excluding hydrogens is 283 g/mol. The number of nitrogens with one attached hydrogen (secondary N) is 1. The van der Waals surface area contributed by atoms with E-state index in [-0.39, 0.29) is 10.7 Å². The highest BCUT2D eigenvalue weighted by Crippen LogP contribution is 2.17. The number of nitrogens with zero attached hydrogens (tertiary/aromatic N) is 1. The molecule has 1 aromatic rings. The fourth-order valence-electron chi connectivity index (χ4n) is 0.877. The van der Waals surface area contributed by atoms with E-state index in [4.69, 9.17) is 16.7 Å². The zero-order valence-electron chi connectivity index (χ0n) is 7.63. The summed E-state index contributed by atoms with van der Waals surface area (Å²) in [6, 6.07) is 3.09. The van der Waals surface area contributed by atoms with Gasteiger partial charge in [-0.2, -0.15) is 0 Å². The lowest BCUT2D eigenvalue weighted by Crippen LogP contribution is -2.07. The predicted octanol–water partition coefficient (Wildman–Crippen LogP) is 2.75. The third-order valence-corrected chi connectivity index (χ3v) is 2.10. The van der Waals surface area contributed by atoms with Crippen molar-refractivity contribution in [2.45, 2.75) is 0 Å². The maximum absolute atomic E-state index is 10.7. The van der Waals surface area contributed by atoms with Crippen LogP contribution in [0.15, 0.2) is 23.2 Å². The number of hydrogen-bond donors (Lipinski definition) is 2. The minimum absolute atomic E-state index is 0.116. The molecule has 0 atom stereocenters. The minimum Gasteiger partial charge on any atom is -0.476 e. The van der Waals surface area contributed by atoms with Crippen molar-refractivity contribution in [3.8, 4) is 0 Å². The molecular formula is C9H8BrClN2O2. The highest BCUT2D eigenvalue weighted by molar-refractivity contribution is 9.11. The van der Waals surface area contributed by atoms with Crippen LogP contribution in [-0.2, 0) is 0 Å². The van der Waals surface area contributed by atoms with Gasteiger partial charge in [-0.1, -0.05) is 34.1 Å². The first-order valence-corrected chi connectivity index (χ1v) is 5.15. The molecule has 0 saturated heterocycles. The summed E-state index contributed by atoms with van der Waals surface area (Å²) in [7, 11) is 0. The highest BCUT2D eigenvalue weighted by atomic mass is 79.9. The van der Waals surface area contributed by atoms with Crippen LogP contribution in [0, 0.1) is 0 Å². The van der Waals surface area contributed by atoms with E-state index in [1.807, 2.05) is 0 Å². The van der Waals surface area contributed by atoms with Gasteiger partial charge >= 0.3 is 5.97 Å². The molecule has 0 bridgehead atoms. The van der Waals surface area contributed by atoms with Gasteiger partial charge in [0.05, 0.1) is 5.02 Å². The Morgan fingerprint density at radius 3 is 2.87 bits per heavy atom. The van der Waals surface area contributed by atoms with Gasteiger partial charge in [0.1, 0.15) is 5.82 Å². The number of carbonyl (C=O) groups is 1. The number of rotatable bonds is 4. The van der Waals surface area contributed by atoms with Crippen LogP contribution in [0.2, 0.25) is 5.02 Å². The highest BCUT2D eigenvalue weighted by Gasteiger charge is 2.10. The molecule has 2 N–H and O–H groups in total. The maximum Gasteiger partial charge on any atom is 0.356 e. The van der Waals surface area contributed by atoms with Crippen molar-refractivity contribution < 1.29 is 9.90 Å². The molecule has 0 saturated carbocycles. The summed E-state index contributed by atoms with van der Waals surface area (Å²) in [5, 5.41) is 11.8. The third kappa shape index (κ3) is 3.53. The monoisotopic (exact) mass is 290 g/mol. The van der Waals surface area contributed by atoms with E-state index in [2.05, 4.69) is 32.8 Å². The lowest BCUT2D eigenvalue weighted by atomic mass is 10.3. The number of anilines is 1. The molecule has 0 amide bonds. The van der Waals surface area contributed by atoms with Crippen LogP contribution in [0.3, 0.4) is 0 Å². The molecule has 1 rings (SSSR count). The van der Waals surface area contributed by atoms with Crippen molar-refractivity contribution in [1.29, 1.82) is 0 Å². The Morgan fingerprint density at radius 2 is 2.33 bits per heavy atom. The second-order valence-corrected chi connectivity index (χ2v) is 4.23. The molecule has 0 aliphatic carbocycles. The van der Waals surface area contributed by atoms with Gasteiger partial charge in [0.2, 0.25) is 0 Å². The number of carboxylic acids is 1. The SMILES string of the molecule is C=C(Br)CNc1ccc(Cl)c(C(=O)O)n1. The summed E-state index contributed by atoms with van der Waals surface area (Å²) in [5.41, 5.74) is -0.165. The van der Waals surface area contributed by atoms with E-state index in [1.165, 1.54) is 6.07 Å². The Hall–Kier alpha value is -1.07. The standard InChI is InChI=1S/C9H8BrClN2O2/c1-5(10)4-12-7-3-2-6(11)8(13-7)9(14)15/h2-3H,1,4H2,(H,12,13)(H,14,15). The van der Waals surface area contributed by atoms with Crippen LogP contribution < -0.4 is 5.32 Å². The number of aromatic nitrogens is 1. The van der Waals surface area contributed by atoms with Crippen molar-refractivity contribution in [3.63, 3.8) is 0 Å². The summed E-state index contributed by atoms with van der Waals surface area (Å²) in [5.74, 6) is -0.710. The summed E-state index contributed by atoms with van der Waals surface area (Å²) >= 11 is 8.82. The molecule has 0 spiro atoms. The van der Waals surface area contributed by atoms with Gasteiger partial charge in [0.25, 0.3) is 0 Å². The van der Waals surface area contributed by atoms with Gasteiger partial charge in [0, 0.05) is 11.0 Å². The Balaban J connectivity index is 2.87. The molecule has 4 nitrogen and oxygen atoms in total. The van der Waals surface area contributed by atoms with Crippen molar-refractivity contribution in [2.24, 2.45) is 0 Å². The number of aromatic carboxylic acids is 1. The number of carboxylic acid groups (broad SMARTS) is 1. The molecule has 0 fully saturated rings. The normalized spacial score (nSPS) is 9.73. The molecule has 1 aromatic heterocycles. The van der Waals surface area contributed by atoms with Crippen molar-refractivity contribution in [3.05, 3.63) is 33.9 Å². The molecule has 0 radical (unpaired) electrons.